The van der Waals surface area contributed by atoms with Gasteiger partial charge in [0, 0.05) is 18.0 Å². The molecular formula is C13H19NO. The number of hydrogen-bond donors (Lipinski definition) is 1. The average Bonchev–Trinajstić information content (AvgIpc) is 2.73. The van der Waals surface area contributed by atoms with Crippen LogP contribution < -0.4 is 10.1 Å². The highest BCUT2D eigenvalue weighted by molar-refractivity contribution is 5.45. The van der Waals surface area contributed by atoms with Gasteiger partial charge in [-0.2, -0.15) is 0 Å². The molecule has 2 heteroatoms. The zero-order valence-electron chi connectivity index (χ0n) is 9.55. The molecule has 0 saturated carbocycles. The lowest BCUT2D eigenvalue weighted by Crippen LogP contribution is -2.16. The van der Waals surface area contributed by atoms with Gasteiger partial charge in [0.15, 0.2) is 0 Å². The average molecular weight is 205 g/mol. The molecule has 1 heterocycles. The third-order valence-corrected chi connectivity index (χ3v) is 3.05. The summed E-state index contributed by atoms with van der Waals surface area (Å²) in [7, 11) is 2.02. The summed E-state index contributed by atoms with van der Waals surface area (Å²) in [4.78, 5) is 0. The smallest absolute Gasteiger partial charge is 0.127 e. The van der Waals surface area contributed by atoms with E-state index in [1.165, 1.54) is 17.5 Å². The Kier molecular flexibility index (Phi) is 3.27. The number of hydrogen-bond acceptors (Lipinski definition) is 2. The summed E-state index contributed by atoms with van der Waals surface area (Å²) in [6.45, 7) is 3.06. The van der Waals surface area contributed by atoms with Crippen LogP contribution in [0.15, 0.2) is 18.2 Å². The van der Waals surface area contributed by atoms with Gasteiger partial charge in [-0.3, -0.25) is 0 Å². The molecule has 1 unspecified atom stereocenters. The normalized spacial score (nSPS) is 15.9. The topological polar surface area (TPSA) is 21.3 Å². The Balaban J connectivity index is 2.30. The second kappa shape index (κ2) is 4.67. The largest absolute Gasteiger partial charge is 0.493 e. The van der Waals surface area contributed by atoms with Crippen molar-refractivity contribution in [1.29, 1.82) is 0 Å². The summed E-state index contributed by atoms with van der Waals surface area (Å²) < 4.78 is 5.72. The molecule has 82 valence electrons. The van der Waals surface area contributed by atoms with Crippen LogP contribution in [-0.2, 0) is 6.42 Å². The van der Waals surface area contributed by atoms with Crippen molar-refractivity contribution in [2.24, 2.45) is 0 Å². The minimum atomic E-state index is 0.433. The molecule has 0 spiro atoms. The molecule has 15 heavy (non-hydrogen) atoms. The van der Waals surface area contributed by atoms with Crippen molar-refractivity contribution in [1.82, 2.24) is 5.32 Å². The van der Waals surface area contributed by atoms with E-state index in [2.05, 4.69) is 30.4 Å². The van der Waals surface area contributed by atoms with Gasteiger partial charge in [-0.05, 0) is 19.0 Å². The van der Waals surface area contributed by atoms with E-state index >= 15 is 0 Å². The van der Waals surface area contributed by atoms with Crippen molar-refractivity contribution in [2.45, 2.75) is 32.2 Å². The van der Waals surface area contributed by atoms with Crippen LogP contribution in [0.4, 0.5) is 0 Å². The van der Waals surface area contributed by atoms with E-state index in [0.717, 1.165) is 25.2 Å². The fraction of sp³-hybridized carbons (Fsp3) is 0.538. The van der Waals surface area contributed by atoms with Crippen LogP contribution in [0.2, 0.25) is 0 Å². The summed E-state index contributed by atoms with van der Waals surface area (Å²) in [5.41, 5.74) is 2.69. The molecule has 1 aromatic carbocycles. The highest BCUT2D eigenvalue weighted by Gasteiger charge is 2.20. The molecule has 0 aliphatic carbocycles. The molecule has 1 aromatic rings. The predicted molar refractivity (Wildman–Crippen MR) is 62.3 cm³/mol. The first kappa shape index (κ1) is 10.5. The third-order valence-electron chi connectivity index (χ3n) is 3.05. The lowest BCUT2D eigenvalue weighted by atomic mass is 9.99. The molecule has 1 atom stereocenters. The van der Waals surface area contributed by atoms with Crippen molar-refractivity contribution < 1.29 is 4.74 Å². The summed E-state index contributed by atoms with van der Waals surface area (Å²) in [5, 5.41) is 3.37. The monoisotopic (exact) mass is 205 g/mol. The van der Waals surface area contributed by atoms with Crippen molar-refractivity contribution in [3.8, 4) is 5.75 Å². The maximum Gasteiger partial charge on any atom is 0.127 e. The van der Waals surface area contributed by atoms with Crippen molar-refractivity contribution in [3.05, 3.63) is 29.3 Å². The Morgan fingerprint density at radius 1 is 1.47 bits per heavy atom. The molecule has 1 N–H and O–H groups in total. The first-order chi connectivity index (χ1) is 7.36. The number of nitrogens with one attached hydrogen (secondary N) is 1. The Hall–Kier alpha value is -1.02. The van der Waals surface area contributed by atoms with E-state index in [1.807, 2.05) is 7.05 Å². The van der Waals surface area contributed by atoms with Gasteiger partial charge in [0.2, 0.25) is 0 Å². The van der Waals surface area contributed by atoms with E-state index in [-0.39, 0.29) is 0 Å². The standard InChI is InChI=1S/C13H19NO/c1-3-5-12(14-2)11-7-4-6-10-8-9-15-13(10)11/h4,6-7,12,14H,3,5,8-9H2,1-2H3. The molecule has 2 rings (SSSR count). The van der Waals surface area contributed by atoms with Gasteiger partial charge in [0.25, 0.3) is 0 Å². The zero-order valence-corrected chi connectivity index (χ0v) is 9.55. The fourth-order valence-corrected chi connectivity index (χ4v) is 2.26. The first-order valence-corrected chi connectivity index (χ1v) is 5.78. The quantitative estimate of drug-likeness (QED) is 0.816. The highest BCUT2D eigenvalue weighted by atomic mass is 16.5. The Bertz CT molecular complexity index is 335. The summed E-state index contributed by atoms with van der Waals surface area (Å²) in [6, 6.07) is 6.93. The summed E-state index contributed by atoms with van der Waals surface area (Å²) in [5.74, 6) is 1.13. The van der Waals surface area contributed by atoms with Crippen LogP contribution in [0.5, 0.6) is 5.75 Å². The lowest BCUT2D eigenvalue weighted by molar-refractivity contribution is 0.348. The molecule has 2 nitrogen and oxygen atoms in total. The van der Waals surface area contributed by atoms with Gasteiger partial charge < -0.3 is 10.1 Å². The highest BCUT2D eigenvalue weighted by Crippen LogP contribution is 2.34. The minimum absolute atomic E-state index is 0.433. The van der Waals surface area contributed by atoms with Crippen LogP contribution in [-0.4, -0.2) is 13.7 Å². The molecule has 0 bridgehead atoms. The van der Waals surface area contributed by atoms with E-state index in [9.17, 15) is 0 Å². The van der Waals surface area contributed by atoms with Crippen LogP contribution in [0.1, 0.15) is 36.9 Å². The Morgan fingerprint density at radius 2 is 2.33 bits per heavy atom. The maximum atomic E-state index is 5.72. The number of benzene rings is 1. The Labute approximate surface area is 91.6 Å². The maximum absolute atomic E-state index is 5.72. The Morgan fingerprint density at radius 3 is 3.07 bits per heavy atom. The van der Waals surface area contributed by atoms with Crippen molar-refractivity contribution in [2.75, 3.05) is 13.7 Å². The van der Waals surface area contributed by atoms with E-state index in [0.29, 0.717) is 6.04 Å². The molecule has 1 aliphatic heterocycles. The number of fused-ring (bicyclic) bond motifs is 1. The molecule has 0 aromatic heterocycles. The van der Waals surface area contributed by atoms with Gasteiger partial charge in [0.1, 0.15) is 5.75 Å². The van der Waals surface area contributed by atoms with Crippen LogP contribution in [0.25, 0.3) is 0 Å². The molecule has 0 amide bonds. The van der Waals surface area contributed by atoms with E-state index in [4.69, 9.17) is 4.74 Å². The molecule has 0 fully saturated rings. The van der Waals surface area contributed by atoms with Crippen LogP contribution >= 0.6 is 0 Å². The number of rotatable bonds is 4. The third kappa shape index (κ3) is 2.00. The van der Waals surface area contributed by atoms with Gasteiger partial charge in [-0.15, -0.1) is 0 Å². The summed E-state index contributed by atoms with van der Waals surface area (Å²) >= 11 is 0. The first-order valence-electron chi connectivity index (χ1n) is 5.78. The molecular weight excluding hydrogens is 186 g/mol. The van der Waals surface area contributed by atoms with Gasteiger partial charge >= 0.3 is 0 Å². The molecule has 1 aliphatic rings. The lowest BCUT2D eigenvalue weighted by Gasteiger charge is -2.18. The minimum Gasteiger partial charge on any atom is -0.493 e. The van der Waals surface area contributed by atoms with Gasteiger partial charge in [-0.1, -0.05) is 31.5 Å². The zero-order chi connectivity index (χ0) is 10.7. The van der Waals surface area contributed by atoms with E-state index in [1.54, 1.807) is 0 Å². The molecule has 0 radical (unpaired) electrons. The van der Waals surface area contributed by atoms with Crippen LogP contribution in [0, 0.1) is 0 Å². The van der Waals surface area contributed by atoms with E-state index < -0.39 is 0 Å². The van der Waals surface area contributed by atoms with Crippen molar-refractivity contribution >= 4 is 0 Å². The number of ether oxygens (including phenoxy) is 1. The SMILES string of the molecule is CCCC(NC)c1cccc2c1OCC2. The second-order valence-corrected chi connectivity index (χ2v) is 4.06. The second-order valence-electron chi connectivity index (χ2n) is 4.06. The predicted octanol–water partition coefficient (Wildman–Crippen LogP) is 2.68. The fourth-order valence-electron chi connectivity index (χ4n) is 2.26. The number of para-hydroxylation sites is 1. The van der Waals surface area contributed by atoms with Gasteiger partial charge in [-0.25, -0.2) is 0 Å². The van der Waals surface area contributed by atoms with Crippen LogP contribution in [0.3, 0.4) is 0 Å². The van der Waals surface area contributed by atoms with Gasteiger partial charge in [0.05, 0.1) is 6.61 Å². The summed E-state index contributed by atoms with van der Waals surface area (Å²) in [6.07, 6.45) is 3.41. The van der Waals surface area contributed by atoms with Crippen molar-refractivity contribution in [3.63, 3.8) is 0 Å². The molecule has 0 saturated heterocycles.